The van der Waals surface area contributed by atoms with Crippen molar-refractivity contribution in [2.75, 3.05) is 11.1 Å². The molecule has 0 unspecified atom stereocenters. The number of halogens is 1. The van der Waals surface area contributed by atoms with Crippen LogP contribution in [0.15, 0.2) is 46.0 Å². The molecular weight excluding hydrogens is 412 g/mol. The zero-order valence-electron chi connectivity index (χ0n) is 14.8. The molecule has 0 fully saturated rings. The SMILES string of the molecule is Cc1cccc(-c2nc(SCC(=O)Nc3ccc(Br)c(C)c3C)n[nH]2)c1. The van der Waals surface area contributed by atoms with Crippen LogP contribution in [-0.4, -0.2) is 26.8 Å². The van der Waals surface area contributed by atoms with Gasteiger partial charge in [0.25, 0.3) is 0 Å². The van der Waals surface area contributed by atoms with Gasteiger partial charge in [0.15, 0.2) is 5.82 Å². The molecule has 2 aromatic carbocycles. The lowest BCUT2D eigenvalue weighted by atomic mass is 10.1. The van der Waals surface area contributed by atoms with E-state index >= 15 is 0 Å². The fraction of sp³-hybridized carbons (Fsp3) is 0.211. The van der Waals surface area contributed by atoms with Crippen molar-refractivity contribution in [2.45, 2.75) is 25.9 Å². The number of aromatic amines is 1. The normalized spacial score (nSPS) is 10.8. The molecule has 0 atom stereocenters. The number of carbonyl (C=O) groups excluding carboxylic acids is 1. The van der Waals surface area contributed by atoms with Gasteiger partial charge in [-0.3, -0.25) is 9.89 Å². The quantitative estimate of drug-likeness (QED) is 0.565. The molecule has 0 spiro atoms. The average molecular weight is 431 g/mol. The summed E-state index contributed by atoms with van der Waals surface area (Å²) in [4.78, 5) is 16.7. The predicted molar refractivity (Wildman–Crippen MR) is 110 cm³/mol. The van der Waals surface area contributed by atoms with Gasteiger partial charge in [0.1, 0.15) is 0 Å². The maximum atomic E-state index is 12.2. The summed E-state index contributed by atoms with van der Waals surface area (Å²) in [5, 5.41) is 10.6. The Kier molecular flexibility index (Phi) is 5.78. The number of carbonyl (C=O) groups is 1. The number of aromatic nitrogens is 3. The molecule has 2 N–H and O–H groups in total. The van der Waals surface area contributed by atoms with E-state index in [0.29, 0.717) is 11.0 Å². The van der Waals surface area contributed by atoms with Crippen LogP contribution in [-0.2, 0) is 4.79 Å². The first-order valence-electron chi connectivity index (χ1n) is 8.12. The molecule has 0 saturated heterocycles. The zero-order valence-corrected chi connectivity index (χ0v) is 17.2. The average Bonchev–Trinajstić information content (AvgIpc) is 3.10. The molecule has 1 amide bonds. The van der Waals surface area contributed by atoms with Crippen molar-refractivity contribution in [3.63, 3.8) is 0 Å². The van der Waals surface area contributed by atoms with Crippen LogP contribution in [0.5, 0.6) is 0 Å². The number of thioether (sulfide) groups is 1. The van der Waals surface area contributed by atoms with Crippen LogP contribution in [0.1, 0.15) is 16.7 Å². The molecule has 3 aromatic rings. The number of nitrogens with one attached hydrogen (secondary N) is 2. The van der Waals surface area contributed by atoms with Crippen molar-refractivity contribution in [1.82, 2.24) is 15.2 Å². The molecule has 134 valence electrons. The van der Waals surface area contributed by atoms with Crippen LogP contribution >= 0.6 is 27.7 Å². The van der Waals surface area contributed by atoms with Crippen molar-refractivity contribution >= 4 is 39.3 Å². The highest BCUT2D eigenvalue weighted by molar-refractivity contribution is 9.10. The molecule has 0 aliphatic rings. The molecule has 7 heteroatoms. The van der Waals surface area contributed by atoms with Crippen LogP contribution in [0.3, 0.4) is 0 Å². The van der Waals surface area contributed by atoms with Crippen molar-refractivity contribution in [3.8, 4) is 11.4 Å². The molecule has 0 radical (unpaired) electrons. The van der Waals surface area contributed by atoms with E-state index in [1.165, 1.54) is 11.8 Å². The fourth-order valence-corrected chi connectivity index (χ4v) is 3.50. The summed E-state index contributed by atoms with van der Waals surface area (Å²) in [6, 6.07) is 11.9. The minimum absolute atomic E-state index is 0.0817. The molecule has 0 aliphatic carbocycles. The molecule has 0 bridgehead atoms. The van der Waals surface area contributed by atoms with Gasteiger partial charge in [-0.2, -0.15) is 0 Å². The van der Waals surface area contributed by atoms with Crippen LogP contribution in [0.25, 0.3) is 11.4 Å². The minimum Gasteiger partial charge on any atom is -0.325 e. The molecule has 0 saturated carbocycles. The molecular formula is C19H19BrN4OS. The fourth-order valence-electron chi connectivity index (χ4n) is 2.47. The van der Waals surface area contributed by atoms with Gasteiger partial charge in [0.2, 0.25) is 11.1 Å². The Morgan fingerprint density at radius 3 is 2.77 bits per heavy atom. The van der Waals surface area contributed by atoms with Crippen LogP contribution in [0.2, 0.25) is 0 Å². The Labute approximate surface area is 165 Å². The molecule has 3 rings (SSSR count). The topological polar surface area (TPSA) is 70.7 Å². The number of benzene rings is 2. The Morgan fingerprint density at radius 1 is 1.19 bits per heavy atom. The van der Waals surface area contributed by atoms with Crippen molar-refractivity contribution in [3.05, 3.63) is 57.6 Å². The number of hydrogen-bond donors (Lipinski definition) is 2. The van der Waals surface area contributed by atoms with E-state index in [2.05, 4.69) is 36.4 Å². The van der Waals surface area contributed by atoms with E-state index in [4.69, 9.17) is 0 Å². The third kappa shape index (κ3) is 4.34. The Bertz CT molecular complexity index is 954. The van der Waals surface area contributed by atoms with Crippen molar-refractivity contribution in [2.24, 2.45) is 0 Å². The van der Waals surface area contributed by atoms with Gasteiger partial charge < -0.3 is 5.32 Å². The summed E-state index contributed by atoms with van der Waals surface area (Å²) in [6.07, 6.45) is 0. The summed E-state index contributed by atoms with van der Waals surface area (Å²) in [6.45, 7) is 6.04. The highest BCUT2D eigenvalue weighted by Crippen LogP contribution is 2.26. The van der Waals surface area contributed by atoms with Crippen LogP contribution < -0.4 is 5.32 Å². The smallest absolute Gasteiger partial charge is 0.234 e. The van der Waals surface area contributed by atoms with E-state index in [1.54, 1.807) is 0 Å². The third-order valence-corrected chi connectivity index (χ3v) is 5.79. The zero-order chi connectivity index (χ0) is 18.7. The summed E-state index contributed by atoms with van der Waals surface area (Å²) in [5.74, 6) is 0.873. The van der Waals surface area contributed by atoms with Crippen LogP contribution in [0.4, 0.5) is 5.69 Å². The number of anilines is 1. The van der Waals surface area contributed by atoms with E-state index in [-0.39, 0.29) is 11.7 Å². The second kappa shape index (κ2) is 8.05. The van der Waals surface area contributed by atoms with Gasteiger partial charge in [-0.1, -0.05) is 51.5 Å². The maximum absolute atomic E-state index is 12.2. The first kappa shape index (κ1) is 18.7. The summed E-state index contributed by atoms with van der Waals surface area (Å²) in [7, 11) is 0. The second-order valence-electron chi connectivity index (χ2n) is 6.02. The van der Waals surface area contributed by atoms with E-state index in [0.717, 1.165) is 32.4 Å². The largest absolute Gasteiger partial charge is 0.325 e. The highest BCUT2D eigenvalue weighted by atomic mass is 79.9. The van der Waals surface area contributed by atoms with Crippen LogP contribution in [0, 0.1) is 20.8 Å². The van der Waals surface area contributed by atoms with Gasteiger partial charge in [-0.15, -0.1) is 5.10 Å². The number of rotatable bonds is 5. The lowest BCUT2D eigenvalue weighted by Gasteiger charge is -2.11. The lowest BCUT2D eigenvalue weighted by Crippen LogP contribution is -2.15. The molecule has 1 aromatic heterocycles. The number of aryl methyl sites for hydroxylation is 1. The Balaban J connectivity index is 1.61. The van der Waals surface area contributed by atoms with E-state index in [9.17, 15) is 4.79 Å². The summed E-state index contributed by atoms with van der Waals surface area (Å²) in [5.41, 5.74) is 5.14. The molecule has 5 nitrogen and oxygen atoms in total. The van der Waals surface area contributed by atoms with Crippen molar-refractivity contribution < 1.29 is 4.79 Å². The monoisotopic (exact) mass is 430 g/mol. The van der Waals surface area contributed by atoms with E-state index < -0.39 is 0 Å². The first-order chi connectivity index (χ1) is 12.4. The maximum Gasteiger partial charge on any atom is 0.234 e. The number of hydrogen-bond acceptors (Lipinski definition) is 4. The molecule has 26 heavy (non-hydrogen) atoms. The number of H-pyrrole nitrogens is 1. The lowest BCUT2D eigenvalue weighted by molar-refractivity contribution is -0.113. The highest BCUT2D eigenvalue weighted by Gasteiger charge is 2.11. The Hall–Kier alpha value is -2.12. The van der Waals surface area contributed by atoms with Gasteiger partial charge in [0, 0.05) is 15.7 Å². The first-order valence-corrected chi connectivity index (χ1v) is 9.89. The number of nitrogens with zero attached hydrogens (tertiary/aromatic N) is 2. The Morgan fingerprint density at radius 2 is 2.00 bits per heavy atom. The summed E-state index contributed by atoms with van der Waals surface area (Å²) < 4.78 is 1.03. The minimum atomic E-state index is -0.0817. The molecule has 1 heterocycles. The second-order valence-corrected chi connectivity index (χ2v) is 7.81. The van der Waals surface area contributed by atoms with Crippen molar-refractivity contribution in [1.29, 1.82) is 0 Å². The van der Waals surface area contributed by atoms with Gasteiger partial charge >= 0.3 is 0 Å². The summed E-state index contributed by atoms with van der Waals surface area (Å²) >= 11 is 4.80. The standard InChI is InChI=1S/C19H19BrN4OS/c1-11-5-4-6-14(9-11)18-22-19(24-23-18)26-10-17(25)21-16-8-7-15(20)12(2)13(16)3/h4-9H,10H2,1-3H3,(H,21,25)(H,22,23,24). The number of amides is 1. The molecule has 0 aliphatic heterocycles. The van der Waals surface area contributed by atoms with E-state index in [1.807, 2.05) is 57.2 Å². The van der Waals surface area contributed by atoms with Gasteiger partial charge in [-0.25, -0.2) is 4.98 Å². The third-order valence-electron chi connectivity index (χ3n) is 4.08. The van der Waals surface area contributed by atoms with Gasteiger partial charge in [-0.05, 0) is 50.1 Å². The van der Waals surface area contributed by atoms with Gasteiger partial charge in [0.05, 0.1) is 5.75 Å². The predicted octanol–water partition coefficient (Wildman–Crippen LogP) is 4.89.